The maximum atomic E-state index is 12.8. The van der Waals surface area contributed by atoms with Gasteiger partial charge >= 0.3 is 17.9 Å². The lowest BCUT2D eigenvalue weighted by Crippen LogP contribution is -2.30. The predicted molar refractivity (Wildman–Crippen MR) is 252 cm³/mol. The van der Waals surface area contributed by atoms with E-state index in [1.165, 1.54) is 186 Å². The van der Waals surface area contributed by atoms with Crippen LogP contribution in [0.2, 0.25) is 0 Å². The molecule has 0 saturated heterocycles. The number of hydrogen-bond donors (Lipinski definition) is 0. The minimum atomic E-state index is -0.768. The molecule has 6 nitrogen and oxygen atoms in total. The Morgan fingerprint density at radius 3 is 0.864 bits per heavy atom. The summed E-state index contributed by atoms with van der Waals surface area (Å²) in [6, 6.07) is 0. The summed E-state index contributed by atoms with van der Waals surface area (Å²) >= 11 is 0. The number of ether oxygens (including phenoxy) is 3. The van der Waals surface area contributed by atoms with E-state index in [0.717, 1.165) is 64.2 Å². The SMILES string of the molecule is CCCCCCCCC/C=C\CCCCCC(=O)OCC(COC(=O)CCCCCCCCCCCCCCC)OC(=O)CCCCCCCCCCCCCCCC. The number of rotatable bonds is 48. The second-order valence-electron chi connectivity index (χ2n) is 17.8. The fourth-order valence-electron chi connectivity index (χ4n) is 7.79. The molecule has 0 amide bonds. The third kappa shape index (κ3) is 47.1. The van der Waals surface area contributed by atoms with E-state index in [0.29, 0.717) is 19.3 Å². The van der Waals surface area contributed by atoms with Gasteiger partial charge in [-0.25, -0.2) is 0 Å². The normalized spacial score (nSPS) is 12.0. The molecule has 0 aliphatic rings. The lowest BCUT2D eigenvalue weighted by molar-refractivity contribution is -0.167. The predicted octanol–water partition coefficient (Wildman–Crippen LogP) is 17.0. The summed E-state index contributed by atoms with van der Waals surface area (Å²) in [5.74, 6) is -0.868. The average Bonchev–Trinajstić information content (AvgIpc) is 3.23. The summed E-state index contributed by atoms with van der Waals surface area (Å²) < 4.78 is 16.8. The molecule has 0 rings (SSSR count). The zero-order valence-corrected chi connectivity index (χ0v) is 39.8. The maximum absolute atomic E-state index is 12.8. The van der Waals surface area contributed by atoms with Gasteiger partial charge in [-0.05, 0) is 44.9 Å². The van der Waals surface area contributed by atoms with Crippen molar-refractivity contribution in [1.29, 1.82) is 0 Å². The van der Waals surface area contributed by atoms with E-state index >= 15 is 0 Å². The Balaban J connectivity index is 4.35. The van der Waals surface area contributed by atoms with Crippen molar-refractivity contribution in [2.24, 2.45) is 0 Å². The smallest absolute Gasteiger partial charge is 0.306 e. The van der Waals surface area contributed by atoms with Gasteiger partial charge in [0.1, 0.15) is 13.2 Å². The molecule has 0 aliphatic carbocycles. The van der Waals surface area contributed by atoms with Crippen molar-refractivity contribution in [2.75, 3.05) is 13.2 Å². The maximum Gasteiger partial charge on any atom is 0.306 e. The van der Waals surface area contributed by atoms with Crippen LogP contribution in [0.25, 0.3) is 0 Å². The van der Waals surface area contributed by atoms with Gasteiger partial charge in [0, 0.05) is 19.3 Å². The Hall–Kier alpha value is -1.85. The third-order valence-corrected chi connectivity index (χ3v) is 11.8. The minimum Gasteiger partial charge on any atom is -0.462 e. The summed E-state index contributed by atoms with van der Waals surface area (Å²) in [4.78, 5) is 37.9. The zero-order chi connectivity index (χ0) is 43.0. The van der Waals surface area contributed by atoms with Crippen LogP contribution >= 0.6 is 0 Å². The van der Waals surface area contributed by atoms with Crippen LogP contribution < -0.4 is 0 Å². The molecule has 0 heterocycles. The second kappa shape index (κ2) is 48.8. The van der Waals surface area contributed by atoms with Crippen molar-refractivity contribution in [2.45, 2.75) is 297 Å². The van der Waals surface area contributed by atoms with E-state index in [4.69, 9.17) is 14.2 Å². The van der Waals surface area contributed by atoms with E-state index in [1.54, 1.807) is 0 Å². The Morgan fingerprint density at radius 2 is 0.559 bits per heavy atom. The van der Waals surface area contributed by atoms with Crippen LogP contribution in [-0.2, 0) is 28.6 Å². The topological polar surface area (TPSA) is 78.9 Å². The highest BCUT2D eigenvalue weighted by Crippen LogP contribution is 2.16. The molecule has 0 spiro atoms. The molecule has 0 aromatic rings. The monoisotopic (exact) mass is 833 g/mol. The number of allylic oxidation sites excluding steroid dienone is 2. The quantitative estimate of drug-likeness (QED) is 0.0263. The Morgan fingerprint density at radius 1 is 0.322 bits per heavy atom. The molecular weight excluding hydrogens is 733 g/mol. The third-order valence-electron chi connectivity index (χ3n) is 11.8. The van der Waals surface area contributed by atoms with Crippen LogP contribution in [0.5, 0.6) is 0 Å². The molecule has 0 bridgehead atoms. The van der Waals surface area contributed by atoms with E-state index < -0.39 is 6.10 Å². The van der Waals surface area contributed by atoms with E-state index in [1.807, 2.05) is 0 Å². The van der Waals surface area contributed by atoms with Gasteiger partial charge in [-0.3, -0.25) is 14.4 Å². The number of hydrogen-bond acceptors (Lipinski definition) is 6. The molecule has 1 unspecified atom stereocenters. The molecule has 59 heavy (non-hydrogen) atoms. The van der Waals surface area contributed by atoms with Gasteiger partial charge in [0.2, 0.25) is 0 Å². The molecule has 0 fully saturated rings. The molecule has 0 saturated carbocycles. The van der Waals surface area contributed by atoms with Crippen LogP contribution in [0.1, 0.15) is 290 Å². The first kappa shape index (κ1) is 57.1. The number of carbonyl (C=O) groups excluding carboxylic acids is 3. The summed E-state index contributed by atoms with van der Waals surface area (Å²) in [7, 11) is 0. The van der Waals surface area contributed by atoms with Gasteiger partial charge in [0.25, 0.3) is 0 Å². The van der Waals surface area contributed by atoms with Crippen molar-refractivity contribution in [3.05, 3.63) is 12.2 Å². The van der Waals surface area contributed by atoms with Crippen molar-refractivity contribution in [3.63, 3.8) is 0 Å². The molecule has 0 aromatic carbocycles. The lowest BCUT2D eigenvalue weighted by Gasteiger charge is -2.18. The van der Waals surface area contributed by atoms with Gasteiger partial charge in [-0.15, -0.1) is 0 Å². The molecule has 0 N–H and O–H groups in total. The fourth-order valence-corrected chi connectivity index (χ4v) is 7.79. The Labute approximate surface area is 367 Å². The van der Waals surface area contributed by atoms with Gasteiger partial charge in [-0.1, -0.05) is 238 Å². The standard InChI is InChI=1S/C53H100O6/c1-4-7-10-13-16-19-22-25-28-31-34-37-40-43-46-52(55)58-49-50(48-57-51(54)45-42-39-36-33-30-27-24-21-18-15-12-9-6-3)59-53(56)47-44-41-38-35-32-29-26-23-20-17-14-11-8-5-2/h28,31,50H,4-27,29-30,32-49H2,1-3H3/b31-28-. The highest BCUT2D eigenvalue weighted by molar-refractivity contribution is 5.71. The first-order valence-electron chi connectivity index (χ1n) is 26.2. The van der Waals surface area contributed by atoms with Crippen LogP contribution in [0, 0.1) is 0 Å². The van der Waals surface area contributed by atoms with E-state index in [9.17, 15) is 14.4 Å². The summed E-state index contributed by atoms with van der Waals surface area (Å²) in [5.41, 5.74) is 0. The van der Waals surface area contributed by atoms with Crippen molar-refractivity contribution < 1.29 is 28.6 Å². The Bertz CT molecular complexity index is 916. The minimum absolute atomic E-state index is 0.0692. The molecular formula is C53H100O6. The van der Waals surface area contributed by atoms with Crippen molar-refractivity contribution >= 4 is 17.9 Å². The summed E-state index contributed by atoms with van der Waals surface area (Å²) in [5, 5.41) is 0. The number of carbonyl (C=O) groups is 3. The van der Waals surface area contributed by atoms with Crippen LogP contribution in [0.15, 0.2) is 12.2 Å². The van der Waals surface area contributed by atoms with Crippen LogP contribution in [0.3, 0.4) is 0 Å². The molecule has 0 aromatic heterocycles. The van der Waals surface area contributed by atoms with Gasteiger partial charge in [0.15, 0.2) is 6.10 Å². The average molecular weight is 833 g/mol. The summed E-state index contributed by atoms with van der Waals surface area (Å²) in [6.07, 6.45) is 53.3. The largest absolute Gasteiger partial charge is 0.462 e. The van der Waals surface area contributed by atoms with Gasteiger partial charge in [0.05, 0.1) is 0 Å². The van der Waals surface area contributed by atoms with Gasteiger partial charge < -0.3 is 14.2 Å². The van der Waals surface area contributed by atoms with Gasteiger partial charge in [-0.2, -0.15) is 0 Å². The fraction of sp³-hybridized carbons (Fsp3) is 0.906. The molecule has 6 heteroatoms. The lowest BCUT2D eigenvalue weighted by atomic mass is 10.0. The van der Waals surface area contributed by atoms with Crippen LogP contribution in [0.4, 0.5) is 0 Å². The highest BCUT2D eigenvalue weighted by atomic mass is 16.6. The number of esters is 3. The van der Waals surface area contributed by atoms with Crippen molar-refractivity contribution in [3.8, 4) is 0 Å². The second-order valence-corrected chi connectivity index (χ2v) is 17.8. The van der Waals surface area contributed by atoms with E-state index in [-0.39, 0.29) is 31.1 Å². The highest BCUT2D eigenvalue weighted by Gasteiger charge is 2.19. The first-order valence-corrected chi connectivity index (χ1v) is 26.2. The first-order chi connectivity index (χ1) is 29.0. The number of unbranched alkanes of at least 4 members (excludes halogenated alkanes) is 35. The molecule has 0 radical (unpaired) electrons. The van der Waals surface area contributed by atoms with Crippen LogP contribution in [-0.4, -0.2) is 37.2 Å². The molecule has 0 aliphatic heterocycles. The zero-order valence-electron chi connectivity index (χ0n) is 39.8. The Kier molecular flexibility index (Phi) is 47.3. The van der Waals surface area contributed by atoms with Crippen molar-refractivity contribution in [1.82, 2.24) is 0 Å². The van der Waals surface area contributed by atoms with E-state index in [2.05, 4.69) is 32.9 Å². The summed E-state index contributed by atoms with van der Waals surface area (Å²) in [6.45, 7) is 6.65. The molecule has 1 atom stereocenters. The molecule has 348 valence electrons.